The molecule has 1 aromatic rings. The van der Waals surface area contributed by atoms with Gasteiger partial charge in [0.25, 0.3) is 0 Å². The van der Waals surface area contributed by atoms with E-state index in [2.05, 4.69) is 4.98 Å². The molecule has 1 heterocycles. The van der Waals surface area contributed by atoms with Crippen LogP contribution in [0.1, 0.15) is 5.56 Å². The van der Waals surface area contributed by atoms with E-state index in [1.807, 2.05) is 0 Å². The van der Waals surface area contributed by atoms with Gasteiger partial charge in [-0.1, -0.05) is 0 Å². The molecule has 0 unspecified atom stereocenters. The molecule has 0 spiro atoms. The fourth-order valence-electron chi connectivity index (χ4n) is 0.512. The van der Waals surface area contributed by atoms with Crippen LogP contribution in [0.25, 0.3) is 0 Å². The molecule has 3 nitrogen and oxygen atoms in total. The SMILES string of the molecule is N#Cc1cc(F)ncc1O. The van der Waals surface area contributed by atoms with Crippen LogP contribution in [0.2, 0.25) is 0 Å². The molecule has 0 aliphatic carbocycles. The Morgan fingerprint density at radius 1 is 1.70 bits per heavy atom. The molecule has 0 radical (unpaired) electrons. The number of nitrogens with zero attached hydrogens (tertiary/aromatic N) is 2. The van der Waals surface area contributed by atoms with Crippen molar-refractivity contribution in [3.63, 3.8) is 0 Å². The van der Waals surface area contributed by atoms with Crippen LogP contribution in [0, 0.1) is 17.3 Å². The third-order valence-corrected chi connectivity index (χ3v) is 0.970. The molecule has 0 amide bonds. The zero-order chi connectivity index (χ0) is 7.56. The summed E-state index contributed by atoms with van der Waals surface area (Å²) in [4.78, 5) is 3.12. The highest BCUT2D eigenvalue weighted by Crippen LogP contribution is 2.13. The molecule has 4 heteroatoms. The normalized spacial score (nSPS) is 8.80. The minimum absolute atomic E-state index is 0.104. The second-order valence-electron chi connectivity index (χ2n) is 1.64. The molecule has 50 valence electrons. The van der Waals surface area contributed by atoms with Crippen LogP contribution in [0.4, 0.5) is 4.39 Å². The molecule has 1 N–H and O–H groups in total. The van der Waals surface area contributed by atoms with Gasteiger partial charge in [0, 0.05) is 6.07 Å². The lowest BCUT2D eigenvalue weighted by Crippen LogP contribution is -1.83. The van der Waals surface area contributed by atoms with Crippen LogP contribution >= 0.6 is 0 Å². The van der Waals surface area contributed by atoms with Gasteiger partial charge in [-0.3, -0.25) is 0 Å². The van der Waals surface area contributed by atoms with E-state index in [1.165, 1.54) is 0 Å². The van der Waals surface area contributed by atoms with Crippen molar-refractivity contribution in [1.29, 1.82) is 5.26 Å². The lowest BCUT2D eigenvalue weighted by Gasteiger charge is -1.91. The van der Waals surface area contributed by atoms with Crippen LogP contribution < -0.4 is 0 Å². The van der Waals surface area contributed by atoms with Crippen molar-refractivity contribution in [2.45, 2.75) is 0 Å². The van der Waals surface area contributed by atoms with Crippen molar-refractivity contribution >= 4 is 0 Å². The summed E-state index contributed by atoms with van der Waals surface area (Å²) in [5, 5.41) is 17.0. The Hall–Kier alpha value is -1.63. The Kier molecular flexibility index (Phi) is 1.50. The van der Waals surface area contributed by atoms with Crippen molar-refractivity contribution < 1.29 is 9.50 Å². The molecule has 0 aliphatic rings. The summed E-state index contributed by atoms with van der Waals surface area (Å²) >= 11 is 0. The van der Waals surface area contributed by atoms with Gasteiger partial charge in [0.05, 0.1) is 11.8 Å². The number of nitriles is 1. The molecule has 0 atom stereocenters. The zero-order valence-electron chi connectivity index (χ0n) is 4.87. The van der Waals surface area contributed by atoms with Crippen molar-refractivity contribution in [3.05, 3.63) is 23.8 Å². The Labute approximate surface area is 56.4 Å². The van der Waals surface area contributed by atoms with Crippen LogP contribution in [0.5, 0.6) is 5.75 Å². The van der Waals surface area contributed by atoms with E-state index >= 15 is 0 Å². The summed E-state index contributed by atoms with van der Waals surface area (Å²) in [6.07, 6.45) is 0.897. The zero-order valence-corrected chi connectivity index (χ0v) is 4.87. The summed E-state index contributed by atoms with van der Waals surface area (Å²) in [5.74, 6) is -1.07. The number of aromatic hydroxyl groups is 1. The van der Waals surface area contributed by atoms with Crippen LogP contribution in [0.3, 0.4) is 0 Å². The maximum absolute atomic E-state index is 12.2. The van der Waals surface area contributed by atoms with E-state index < -0.39 is 5.95 Å². The predicted octanol–water partition coefficient (Wildman–Crippen LogP) is 0.798. The van der Waals surface area contributed by atoms with Gasteiger partial charge >= 0.3 is 0 Å². The van der Waals surface area contributed by atoms with E-state index in [1.54, 1.807) is 6.07 Å². The third kappa shape index (κ3) is 1.03. The summed E-state index contributed by atoms with van der Waals surface area (Å²) in [5.41, 5.74) is -0.104. The van der Waals surface area contributed by atoms with Crippen molar-refractivity contribution in [3.8, 4) is 11.8 Å². The molecular weight excluding hydrogens is 135 g/mol. The second-order valence-corrected chi connectivity index (χ2v) is 1.64. The molecule has 1 aromatic heterocycles. The first-order chi connectivity index (χ1) is 4.74. The largest absolute Gasteiger partial charge is 0.505 e. The Morgan fingerprint density at radius 3 is 2.90 bits per heavy atom. The van der Waals surface area contributed by atoms with Crippen LogP contribution in [-0.4, -0.2) is 10.1 Å². The first kappa shape index (κ1) is 6.49. The average molecular weight is 138 g/mol. The molecule has 10 heavy (non-hydrogen) atoms. The number of hydrogen-bond acceptors (Lipinski definition) is 3. The molecular formula is C6H3FN2O. The highest BCUT2D eigenvalue weighted by molar-refractivity contribution is 5.39. The average Bonchev–Trinajstić information content (AvgIpc) is 1.94. The van der Waals surface area contributed by atoms with Gasteiger partial charge in [-0.2, -0.15) is 9.65 Å². The lowest BCUT2D eigenvalue weighted by atomic mass is 10.3. The first-order valence-corrected chi connectivity index (χ1v) is 2.48. The number of rotatable bonds is 0. The summed E-state index contributed by atoms with van der Waals surface area (Å²) in [6, 6.07) is 2.48. The molecule has 1 rings (SSSR count). The molecule has 0 aromatic carbocycles. The molecule has 0 bridgehead atoms. The lowest BCUT2D eigenvalue weighted by molar-refractivity contribution is 0.464. The van der Waals surface area contributed by atoms with Gasteiger partial charge < -0.3 is 5.11 Å². The maximum atomic E-state index is 12.2. The Balaban J connectivity index is 3.25. The summed E-state index contributed by atoms with van der Waals surface area (Å²) < 4.78 is 12.2. The highest BCUT2D eigenvalue weighted by atomic mass is 19.1. The standard InChI is InChI=1S/C6H3FN2O/c7-6-1-4(2-8)5(10)3-9-6/h1,3,10H. The van der Waals surface area contributed by atoms with E-state index in [-0.39, 0.29) is 11.3 Å². The Morgan fingerprint density at radius 2 is 2.40 bits per heavy atom. The highest BCUT2D eigenvalue weighted by Gasteiger charge is 2.00. The van der Waals surface area contributed by atoms with E-state index in [4.69, 9.17) is 10.4 Å². The van der Waals surface area contributed by atoms with Gasteiger partial charge in [-0.25, -0.2) is 4.98 Å². The van der Waals surface area contributed by atoms with Gasteiger partial charge in [0.1, 0.15) is 6.07 Å². The van der Waals surface area contributed by atoms with Crippen molar-refractivity contribution in [1.82, 2.24) is 4.98 Å². The van der Waals surface area contributed by atoms with Gasteiger partial charge in [-0.05, 0) is 0 Å². The van der Waals surface area contributed by atoms with Crippen LogP contribution in [0.15, 0.2) is 12.3 Å². The quantitative estimate of drug-likeness (QED) is 0.539. The summed E-state index contributed by atoms with van der Waals surface area (Å²) in [7, 11) is 0. The molecule has 0 fully saturated rings. The number of halogens is 1. The minimum Gasteiger partial charge on any atom is -0.505 e. The predicted molar refractivity (Wildman–Crippen MR) is 30.6 cm³/mol. The van der Waals surface area contributed by atoms with E-state index in [0.717, 1.165) is 12.3 Å². The first-order valence-electron chi connectivity index (χ1n) is 2.48. The van der Waals surface area contributed by atoms with Crippen molar-refractivity contribution in [2.24, 2.45) is 0 Å². The van der Waals surface area contributed by atoms with E-state index in [0.29, 0.717) is 0 Å². The molecule has 0 saturated heterocycles. The maximum Gasteiger partial charge on any atom is 0.214 e. The number of pyridine rings is 1. The fraction of sp³-hybridized carbons (Fsp3) is 0. The van der Waals surface area contributed by atoms with Gasteiger partial charge in [0.15, 0.2) is 5.75 Å². The van der Waals surface area contributed by atoms with Crippen molar-refractivity contribution in [2.75, 3.05) is 0 Å². The molecule has 0 saturated carbocycles. The minimum atomic E-state index is -0.769. The van der Waals surface area contributed by atoms with Gasteiger partial charge in [-0.15, -0.1) is 0 Å². The van der Waals surface area contributed by atoms with Crippen LogP contribution in [-0.2, 0) is 0 Å². The third-order valence-electron chi connectivity index (χ3n) is 0.970. The topological polar surface area (TPSA) is 56.9 Å². The monoisotopic (exact) mass is 138 g/mol. The van der Waals surface area contributed by atoms with Gasteiger partial charge in [0.2, 0.25) is 5.95 Å². The number of hydrogen-bond donors (Lipinski definition) is 1. The fourth-order valence-corrected chi connectivity index (χ4v) is 0.512. The smallest absolute Gasteiger partial charge is 0.214 e. The second kappa shape index (κ2) is 2.31. The number of aromatic nitrogens is 1. The Bertz CT molecular complexity index is 292. The summed E-state index contributed by atoms with van der Waals surface area (Å²) in [6.45, 7) is 0. The van der Waals surface area contributed by atoms with E-state index in [9.17, 15) is 4.39 Å². The molecule has 0 aliphatic heterocycles.